The van der Waals surface area contributed by atoms with Crippen LogP contribution in [0.15, 0.2) is 55.1 Å². The second-order valence-electron chi connectivity index (χ2n) is 6.54. The van der Waals surface area contributed by atoms with E-state index in [4.69, 9.17) is 4.74 Å². The van der Waals surface area contributed by atoms with Gasteiger partial charge in [-0.2, -0.15) is 5.10 Å². The summed E-state index contributed by atoms with van der Waals surface area (Å²) in [5.74, 6) is -1.58. The van der Waals surface area contributed by atoms with Crippen LogP contribution in [0.4, 0.5) is 5.69 Å². The lowest BCUT2D eigenvalue weighted by molar-refractivity contribution is -0.126. The summed E-state index contributed by atoms with van der Waals surface area (Å²) in [6, 6.07) is 12.1. The molecule has 30 heavy (non-hydrogen) atoms. The molecule has 9 heteroatoms. The number of aryl methyl sites for hydroxylation is 1. The minimum Gasteiger partial charge on any atom is -0.452 e. The van der Waals surface area contributed by atoms with Crippen molar-refractivity contribution in [1.82, 2.24) is 20.1 Å². The van der Waals surface area contributed by atoms with E-state index < -0.39 is 18.5 Å². The minimum absolute atomic E-state index is 0.226. The van der Waals surface area contributed by atoms with Gasteiger partial charge >= 0.3 is 5.97 Å². The Bertz CT molecular complexity index is 1050. The molecule has 154 valence electrons. The van der Waals surface area contributed by atoms with Gasteiger partial charge in [0.25, 0.3) is 5.91 Å². The van der Waals surface area contributed by atoms with E-state index >= 15 is 0 Å². The van der Waals surface area contributed by atoms with Crippen LogP contribution in [0.3, 0.4) is 0 Å². The van der Waals surface area contributed by atoms with E-state index in [0.29, 0.717) is 11.3 Å². The first-order valence-electron chi connectivity index (χ1n) is 9.19. The van der Waals surface area contributed by atoms with Crippen molar-refractivity contribution in [3.63, 3.8) is 0 Å². The third-order valence-corrected chi connectivity index (χ3v) is 4.45. The fraction of sp³-hybridized carbons (Fsp3) is 0.190. The van der Waals surface area contributed by atoms with Crippen LogP contribution in [0, 0.1) is 13.8 Å². The van der Waals surface area contributed by atoms with Crippen molar-refractivity contribution in [3.05, 3.63) is 71.8 Å². The highest BCUT2D eigenvalue weighted by atomic mass is 16.5. The summed E-state index contributed by atoms with van der Waals surface area (Å²) in [4.78, 5) is 39.8. The van der Waals surface area contributed by atoms with Gasteiger partial charge in [0.2, 0.25) is 5.91 Å². The van der Waals surface area contributed by atoms with Crippen LogP contribution < -0.4 is 10.6 Å². The lowest BCUT2D eigenvalue weighted by Crippen LogP contribution is -2.35. The van der Waals surface area contributed by atoms with E-state index in [1.807, 2.05) is 26.0 Å². The Morgan fingerprint density at radius 3 is 2.50 bits per heavy atom. The number of ether oxygens (including phenoxy) is 1. The molecule has 0 radical (unpaired) electrons. The molecule has 0 aliphatic heterocycles. The summed E-state index contributed by atoms with van der Waals surface area (Å²) in [5, 5.41) is 9.16. The number of carbonyl (C=O) groups excluding carboxylic acids is 3. The Balaban J connectivity index is 1.43. The maximum atomic E-state index is 12.1. The Morgan fingerprint density at radius 2 is 1.80 bits per heavy atom. The van der Waals surface area contributed by atoms with Gasteiger partial charge < -0.3 is 15.4 Å². The number of aromatic nitrogens is 3. The summed E-state index contributed by atoms with van der Waals surface area (Å²) >= 11 is 0. The fourth-order valence-electron chi connectivity index (χ4n) is 2.62. The molecule has 2 amide bonds. The van der Waals surface area contributed by atoms with Crippen LogP contribution in [0.1, 0.15) is 21.5 Å². The first-order valence-corrected chi connectivity index (χ1v) is 9.19. The molecule has 0 aliphatic rings. The lowest BCUT2D eigenvalue weighted by atomic mass is 10.1. The molecule has 0 spiro atoms. The predicted octanol–water partition coefficient (Wildman–Crippen LogP) is 1.80. The molecule has 0 saturated carbocycles. The molecule has 1 aromatic heterocycles. The Labute approximate surface area is 173 Å². The largest absolute Gasteiger partial charge is 0.452 e. The molecule has 3 aromatic rings. The number of nitrogens with zero attached hydrogens (tertiary/aromatic N) is 3. The first kappa shape index (κ1) is 20.7. The predicted molar refractivity (Wildman–Crippen MR) is 109 cm³/mol. The third-order valence-electron chi connectivity index (χ3n) is 4.45. The SMILES string of the molecule is Cc1cccc(NC(=O)CNC(=O)COC(=O)c2ccc(-n3cncn3)cc2)c1C. The molecule has 0 aliphatic carbocycles. The number of esters is 1. The molecule has 0 saturated heterocycles. The summed E-state index contributed by atoms with van der Waals surface area (Å²) in [6.45, 7) is 3.14. The fourth-order valence-corrected chi connectivity index (χ4v) is 2.62. The summed E-state index contributed by atoms with van der Waals surface area (Å²) in [7, 11) is 0. The Hall–Kier alpha value is -4.01. The molecule has 0 fully saturated rings. The van der Waals surface area contributed by atoms with E-state index in [2.05, 4.69) is 20.7 Å². The van der Waals surface area contributed by atoms with Crippen molar-refractivity contribution in [2.24, 2.45) is 0 Å². The monoisotopic (exact) mass is 407 g/mol. The second-order valence-corrected chi connectivity index (χ2v) is 6.54. The highest BCUT2D eigenvalue weighted by molar-refractivity contribution is 5.96. The molecule has 9 nitrogen and oxygen atoms in total. The number of anilines is 1. The van der Waals surface area contributed by atoms with Gasteiger partial charge in [0.05, 0.1) is 17.8 Å². The van der Waals surface area contributed by atoms with Crippen LogP contribution in [0.25, 0.3) is 5.69 Å². The zero-order valence-corrected chi connectivity index (χ0v) is 16.6. The minimum atomic E-state index is -0.643. The second kappa shape index (κ2) is 9.46. The number of rotatable bonds is 7. The summed E-state index contributed by atoms with van der Waals surface area (Å²) in [5.41, 5.74) is 3.73. The average Bonchev–Trinajstić information content (AvgIpc) is 3.29. The normalized spacial score (nSPS) is 10.3. The van der Waals surface area contributed by atoms with Gasteiger partial charge in [-0.15, -0.1) is 0 Å². The van der Waals surface area contributed by atoms with E-state index in [1.165, 1.54) is 12.7 Å². The standard InChI is InChI=1S/C21H21N5O4/c1-14-4-3-5-18(15(14)2)25-19(27)10-23-20(28)11-30-21(29)16-6-8-17(9-7-16)26-13-22-12-24-26/h3-9,12-13H,10-11H2,1-2H3,(H,23,28)(H,25,27). The molecule has 1 heterocycles. The van der Waals surface area contributed by atoms with Gasteiger partial charge in [0, 0.05) is 5.69 Å². The summed E-state index contributed by atoms with van der Waals surface area (Å²) in [6.07, 6.45) is 2.94. The number of amides is 2. The molecule has 0 unspecified atom stereocenters. The van der Waals surface area contributed by atoms with Gasteiger partial charge in [0.15, 0.2) is 6.61 Å². The smallest absolute Gasteiger partial charge is 0.338 e. The van der Waals surface area contributed by atoms with Crippen LogP contribution in [-0.4, -0.2) is 45.7 Å². The number of nitrogens with one attached hydrogen (secondary N) is 2. The van der Waals surface area contributed by atoms with Gasteiger partial charge in [0.1, 0.15) is 12.7 Å². The average molecular weight is 407 g/mol. The highest BCUT2D eigenvalue weighted by Crippen LogP contribution is 2.17. The Kier molecular flexibility index (Phi) is 6.53. The Morgan fingerprint density at radius 1 is 1.03 bits per heavy atom. The van der Waals surface area contributed by atoms with Gasteiger partial charge in [-0.25, -0.2) is 14.5 Å². The van der Waals surface area contributed by atoms with Crippen molar-refractivity contribution in [2.45, 2.75) is 13.8 Å². The first-order chi connectivity index (χ1) is 14.4. The molecule has 0 atom stereocenters. The highest BCUT2D eigenvalue weighted by Gasteiger charge is 2.12. The van der Waals surface area contributed by atoms with Crippen LogP contribution in [-0.2, 0) is 14.3 Å². The van der Waals surface area contributed by atoms with E-state index in [-0.39, 0.29) is 12.5 Å². The van der Waals surface area contributed by atoms with E-state index in [9.17, 15) is 14.4 Å². The van der Waals surface area contributed by atoms with Crippen LogP contribution in [0.5, 0.6) is 0 Å². The topological polar surface area (TPSA) is 115 Å². The van der Waals surface area contributed by atoms with Crippen LogP contribution in [0.2, 0.25) is 0 Å². The quantitative estimate of drug-likeness (QED) is 0.577. The number of benzene rings is 2. The number of hydrogen-bond donors (Lipinski definition) is 2. The lowest BCUT2D eigenvalue weighted by Gasteiger charge is -2.11. The molecule has 2 aromatic carbocycles. The van der Waals surface area contributed by atoms with E-state index in [0.717, 1.165) is 16.8 Å². The molecular weight excluding hydrogens is 386 g/mol. The molecule has 2 N–H and O–H groups in total. The zero-order chi connectivity index (χ0) is 21.5. The maximum absolute atomic E-state index is 12.1. The molecule has 0 bridgehead atoms. The summed E-state index contributed by atoms with van der Waals surface area (Å²) < 4.78 is 6.54. The van der Waals surface area contributed by atoms with Crippen molar-refractivity contribution < 1.29 is 19.1 Å². The van der Waals surface area contributed by atoms with Gasteiger partial charge in [-0.3, -0.25) is 9.59 Å². The number of carbonyl (C=O) groups is 3. The third kappa shape index (κ3) is 5.28. The van der Waals surface area contributed by atoms with Crippen molar-refractivity contribution in [2.75, 3.05) is 18.5 Å². The molecular formula is C21H21N5O4. The molecule has 3 rings (SSSR count). The van der Waals surface area contributed by atoms with Crippen LogP contribution >= 0.6 is 0 Å². The maximum Gasteiger partial charge on any atom is 0.338 e. The van der Waals surface area contributed by atoms with E-state index in [1.54, 1.807) is 35.0 Å². The van der Waals surface area contributed by atoms with Gasteiger partial charge in [-0.05, 0) is 55.3 Å². The van der Waals surface area contributed by atoms with Crippen molar-refractivity contribution in [1.29, 1.82) is 0 Å². The van der Waals surface area contributed by atoms with Crippen molar-refractivity contribution >= 4 is 23.5 Å². The number of hydrogen-bond acceptors (Lipinski definition) is 6. The van der Waals surface area contributed by atoms with Crippen molar-refractivity contribution in [3.8, 4) is 5.69 Å². The van der Waals surface area contributed by atoms with Gasteiger partial charge in [-0.1, -0.05) is 12.1 Å². The zero-order valence-electron chi connectivity index (χ0n) is 16.6.